The number of hydrogen-bond acceptors (Lipinski definition) is 2. The molecular formula is C19H32N2. The van der Waals surface area contributed by atoms with Crippen LogP contribution in [0.15, 0.2) is 24.3 Å². The van der Waals surface area contributed by atoms with E-state index in [0.717, 1.165) is 12.5 Å². The predicted molar refractivity (Wildman–Crippen MR) is 91.7 cm³/mol. The molecule has 0 saturated carbocycles. The fourth-order valence-electron chi connectivity index (χ4n) is 3.31. The maximum atomic E-state index is 3.73. The van der Waals surface area contributed by atoms with Crippen molar-refractivity contribution >= 4 is 0 Å². The van der Waals surface area contributed by atoms with Gasteiger partial charge in [0.15, 0.2) is 0 Å². The predicted octanol–water partition coefficient (Wildman–Crippen LogP) is 4.16. The Hall–Kier alpha value is -0.860. The summed E-state index contributed by atoms with van der Waals surface area (Å²) in [6, 6.07) is 9.56. The van der Waals surface area contributed by atoms with Gasteiger partial charge in [-0.15, -0.1) is 0 Å². The van der Waals surface area contributed by atoms with Crippen molar-refractivity contribution in [3.05, 3.63) is 35.4 Å². The van der Waals surface area contributed by atoms with Crippen molar-refractivity contribution in [3.63, 3.8) is 0 Å². The number of nitrogens with one attached hydrogen (secondary N) is 1. The van der Waals surface area contributed by atoms with Gasteiger partial charge in [-0.1, -0.05) is 43.7 Å². The van der Waals surface area contributed by atoms with Crippen molar-refractivity contribution in [2.75, 3.05) is 26.2 Å². The highest BCUT2D eigenvalue weighted by Crippen LogP contribution is 2.21. The minimum atomic E-state index is 0.503. The molecule has 2 heteroatoms. The van der Waals surface area contributed by atoms with Gasteiger partial charge in [-0.25, -0.2) is 0 Å². The molecule has 2 unspecified atom stereocenters. The van der Waals surface area contributed by atoms with Crippen LogP contribution in [0, 0.1) is 12.8 Å². The number of benzene rings is 1. The summed E-state index contributed by atoms with van der Waals surface area (Å²) in [5, 5.41) is 3.73. The fraction of sp³-hybridized carbons (Fsp3) is 0.684. The first-order valence-corrected chi connectivity index (χ1v) is 8.71. The SMILES string of the molecule is CCCNC(CCN1CCCC(C)C1)c1ccc(C)cc1. The van der Waals surface area contributed by atoms with Crippen LogP contribution in [0.3, 0.4) is 0 Å². The van der Waals surface area contributed by atoms with E-state index in [9.17, 15) is 0 Å². The van der Waals surface area contributed by atoms with Crippen molar-refractivity contribution in [2.24, 2.45) is 5.92 Å². The lowest BCUT2D eigenvalue weighted by Gasteiger charge is -2.32. The fourth-order valence-corrected chi connectivity index (χ4v) is 3.31. The van der Waals surface area contributed by atoms with Gasteiger partial charge < -0.3 is 10.2 Å². The molecule has 0 spiro atoms. The van der Waals surface area contributed by atoms with Gasteiger partial charge in [0.05, 0.1) is 0 Å². The van der Waals surface area contributed by atoms with Crippen molar-refractivity contribution in [1.29, 1.82) is 0 Å². The van der Waals surface area contributed by atoms with Crippen LogP contribution in [0.1, 0.15) is 56.7 Å². The highest BCUT2D eigenvalue weighted by atomic mass is 15.1. The van der Waals surface area contributed by atoms with Crippen LogP contribution >= 0.6 is 0 Å². The molecule has 0 amide bonds. The Kier molecular flexibility index (Phi) is 6.72. The van der Waals surface area contributed by atoms with E-state index in [0.29, 0.717) is 6.04 Å². The average Bonchev–Trinajstić information content (AvgIpc) is 2.49. The average molecular weight is 288 g/mol. The van der Waals surface area contributed by atoms with E-state index in [4.69, 9.17) is 0 Å². The quantitative estimate of drug-likeness (QED) is 0.810. The van der Waals surface area contributed by atoms with Crippen molar-refractivity contribution in [3.8, 4) is 0 Å². The van der Waals surface area contributed by atoms with Gasteiger partial charge >= 0.3 is 0 Å². The van der Waals surface area contributed by atoms with E-state index >= 15 is 0 Å². The minimum absolute atomic E-state index is 0.503. The van der Waals surface area contributed by atoms with E-state index in [1.54, 1.807) is 0 Å². The molecule has 118 valence electrons. The lowest BCUT2D eigenvalue weighted by Crippen LogP contribution is -2.36. The van der Waals surface area contributed by atoms with E-state index in [2.05, 4.69) is 55.3 Å². The number of hydrogen-bond donors (Lipinski definition) is 1. The Morgan fingerprint density at radius 1 is 1.29 bits per heavy atom. The summed E-state index contributed by atoms with van der Waals surface area (Å²) < 4.78 is 0. The number of piperidine rings is 1. The first-order valence-electron chi connectivity index (χ1n) is 8.71. The standard InChI is InChI=1S/C19H32N2/c1-4-12-20-19(18-9-7-16(2)8-10-18)11-14-21-13-5-6-17(3)15-21/h7-10,17,19-20H,4-6,11-15H2,1-3H3. The Balaban J connectivity index is 1.91. The maximum Gasteiger partial charge on any atom is 0.0332 e. The van der Waals surface area contributed by atoms with Crippen molar-refractivity contribution in [1.82, 2.24) is 10.2 Å². The van der Waals surface area contributed by atoms with Gasteiger partial charge in [-0.2, -0.15) is 0 Å². The van der Waals surface area contributed by atoms with Gasteiger partial charge in [-0.3, -0.25) is 0 Å². The maximum absolute atomic E-state index is 3.73. The molecule has 1 fully saturated rings. The molecule has 1 aliphatic rings. The molecule has 0 bridgehead atoms. The molecule has 0 radical (unpaired) electrons. The molecule has 1 saturated heterocycles. The van der Waals surface area contributed by atoms with Crippen LogP contribution < -0.4 is 5.32 Å². The second-order valence-corrected chi connectivity index (χ2v) is 6.75. The monoisotopic (exact) mass is 288 g/mol. The normalized spacial score (nSPS) is 21.4. The Morgan fingerprint density at radius 2 is 2.05 bits per heavy atom. The molecule has 0 aromatic heterocycles. The minimum Gasteiger partial charge on any atom is -0.310 e. The van der Waals surface area contributed by atoms with E-state index in [1.807, 2.05) is 0 Å². The first-order chi connectivity index (χ1) is 10.2. The van der Waals surface area contributed by atoms with Gasteiger partial charge in [0.2, 0.25) is 0 Å². The van der Waals surface area contributed by atoms with Crippen molar-refractivity contribution in [2.45, 2.75) is 52.5 Å². The Morgan fingerprint density at radius 3 is 2.71 bits per heavy atom. The van der Waals surface area contributed by atoms with Gasteiger partial charge in [0.1, 0.15) is 0 Å². The number of nitrogens with zero attached hydrogens (tertiary/aromatic N) is 1. The summed E-state index contributed by atoms with van der Waals surface area (Å²) in [6.45, 7) is 11.7. The molecule has 1 aromatic rings. The van der Waals surface area contributed by atoms with Gasteiger partial charge in [0.25, 0.3) is 0 Å². The first kappa shape index (κ1) is 16.5. The lowest BCUT2D eigenvalue weighted by molar-refractivity contribution is 0.176. The van der Waals surface area contributed by atoms with E-state index in [1.165, 1.54) is 56.4 Å². The number of rotatable bonds is 7. The van der Waals surface area contributed by atoms with E-state index in [-0.39, 0.29) is 0 Å². The molecule has 2 rings (SSSR count). The molecule has 1 aromatic carbocycles. The third-order valence-corrected chi connectivity index (χ3v) is 4.60. The van der Waals surface area contributed by atoms with E-state index < -0.39 is 0 Å². The molecule has 0 aliphatic carbocycles. The highest BCUT2D eigenvalue weighted by molar-refractivity contribution is 5.24. The Labute approximate surface area is 130 Å². The summed E-state index contributed by atoms with van der Waals surface area (Å²) in [5.74, 6) is 0.875. The number of aryl methyl sites for hydroxylation is 1. The third kappa shape index (κ3) is 5.44. The van der Waals surface area contributed by atoms with Crippen LogP contribution in [0.4, 0.5) is 0 Å². The van der Waals surface area contributed by atoms with Crippen molar-refractivity contribution < 1.29 is 0 Å². The molecule has 1 heterocycles. The largest absolute Gasteiger partial charge is 0.310 e. The lowest BCUT2D eigenvalue weighted by atomic mass is 9.98. The summed E-state index contributed by atoms with van der Waals surface area (Å²) in [4.78, 5) is 2.66. The van der Waals surface area contributed by atoms with Crippen LogP contribution in [-0.4, -0.2) is 31.1 Å². The zero-order chi connectivity index (χ0) is 15.1. The highest BCUT2D eigenvalue weighted by Gasteiger charge is 2.18. The van der Waals surface area contributed by atoms with Gasteiger partial charge in [-0.05, 0) is 63.7 Å². The molecule has 21 heavy (non-hydrogen) atoms. The van der Waals surface area contributed by atoms with Crippen LogP contribution in [-0.2, 0) is 0 Å². The van der Waals surface area contributed by atoms with Crippen LogP contribution in [0.2, 0.25) is 0 Å². The number of likely N-dealkylation sites (tertiary alicyclic amines) is 1. The summed E-state index contributed by atoms with van der Waals surface area (Å²) in [5.41, 5.74) is 2.79. The van der Waals surface area contributed by atoms with Crippen LogP contribution in [0.25, 0.3) is 0 Å². The smallest absolute Gasteiger partial charge is 0.0332 e. The second kappa shape index (κ2) is 8.55. The molecule has 1 aliphatic heterocycles. The zero-order valence-electron chi connectivity index (χ0n) is 14.1. The summed E-state index contributed by atoms with van der Waals surface area (Å²) >= 11 is 0. The van der Waals surface area contributed by atoms with Gasteiger partial charge in [0, 0.05) is 12.6 Å². The molecule has 2 atom stereocenters. The molecule has 2 nitrogen and oxygen atoms in total. The summed E-state index contributed by atoms with van der Waals surface area (Å²) in [6.07, 6.45) is 5.20. The Bertz CT molecular complexity index is 399. The zero-order valence-corrected chi connectivity index (χ0v) is 14.1. The summed E-state index contributed by atoms with van der Waals surface area (Å²) in [7, 11) is 0. The molecular weight excluding hydrogens is 256 g/mol. The van der Waals surface area contributed by atoms with Crippen LogP contribution in [0.5, 0.6) is 0 Å². The second-order valence-electron chi connectivity index (χ2n) is 6.75. The molecule has 1 N–H and O–H groups in total. The third-order valence-electron chi connectivity index (χ3n) is 4.60. The topological polar surface area (TPSA) is 15.3 Å².